The minimum absolute atomic E-state index is 0.408. The maximum absolute atomic E-state index is 11.4. The van der Waals surface area contributed by atoms with Crippen LogP contribution in [-0.4, -0.2) is 29.2 Å². The number of carbonyl (C=O) groups is 1. The molecule has 2 N–H and O–H groups in total. The van der Waals surface area contributed by atoms with Crippen molar-refractivity contribution in [2.75, 3.05) is 5.75 Å². The molecule has 0 aromatic heterocycles. The first kappa shape index (κ1) is 10.6. The van der Waals surface area contributed by atoms with Gasteiger partial charge in [-0.15, -0.1) is 0 Å². The Labute approximate surface area is 66.0 Å². The monoisotopic (exact) mass is 189 g/mol. The molecule has 0 aliphatic carbocycles. The smallest absolute Gasteiger partial charge is 0.458 e. The Morgan fingerprint density at radius 2 is 2.09 bits per heavy atom. The summed E-state index contributed by atoms with van der Waals surface area (Å²) in [5.74, 6) is -1.98. The molecule has 3 nitrogen and oxygen atoms in total. The first-order chi connectivity index (χ1) is 4.87. The normalized spacial score (nSPS) is 14.5. The van der Waals surface area contributed by atoms with Gasteiger partial charge in [0.25, 0.3) is 0 Å². The van der Waals surface area contributed by atoms with Gasteiger partial charge in [0.2, 0.25) is 0 Å². The predicted octanol–water partition coefficient (Wildman–Crippen LogP) is 0.479. The molecule has 0 rings (SSSR count). The maximum atomic E-state index is 11.4. The van der Waals surface area contributed by atoms with Gasteiger partial charge in [0, 0.05) is 5.75 Å². The Hall–Kier alpha value is -0.430. The molecule has 1 atom stereocenters. The van der Waals surface area contributed by atoms with E-state index in [-0.39, 0.29) is 0 Å². The lowest BCUT2D eigenvalue weighted by molar-refractivity contribution is -0.172. The molecule has 7 heteroatoms. The number of carboxylic acids is 1. The second-order valence-corrected chi connectivity index (χ2v) is 2.08. The standard InChI is InChI=1S/C4H6F3NO2S/c5-4(6,7)8-2(1-11)3(9)10/h2,8,11H,1H2,(H,9,10)/t2-/m0/s1. The fourth-order valence-corrected chi connectivity index (χ4v) is 0.631. The van der Waals surface area contributed by atoms with Crippen molar-refractivity contribution < 1.29 is 23.1 Å². The van der Waals surface area contributed by atoms with E-state index in [1.165, 1.54) is 0 Å². The van der Waals surface area contributed by atoms with Gasteiger partial charge in [-0.3, -0.25) is 4.79 Å². The molecular weight excluding hydrogens is 183 g/mol. The third-order valence-electron chi connectivity index (χ3n) is 0.819. The molecular formula is C4H6F3NO2S. The Kier molecular flexibility index (Phi) is 3.67. The van der Waals surface area contributed by atoms with Gasteiger partial charge in [-0.2, -0.15) is 25.8 Å². The first-order valence-corrected chi connectivity index (χ1v) is 3.18. The van der Waals surface area contributed by atoms with Crippen molar-refractivity contribution in [1.82, 2.24) is 5.32 Å². The lowest BCUT2D eigenvalue weighted by Crippen LogP contribution is -2.46. The van der Waals surface area contributed by atoms with E-state index < -0.39 is 24.1 Å². The number of hydrogen-bond acceptors (Lipinski definition) is 3. The van der Waals surface area contributed by atoms with Gasteiger partial charge in [0.1, 0.15) is 6.04 Å². The van der Waals surface area contributed by atoms with Gasteiger partial charge in [0.05, 0.1) is 0 Å². The van der Waals surface area contributed by atoms with Crippen LogP contribution in [0.25, 0.3) is 0 Å². The Morgan fingerprint density at radius 1 is 1.64 bits per heavy atom. The van der Waals surface area contributed by atoms with Gasteiger partial charge in [0.15, 0.2) is 0 Å². The number of hydrogen-bond donors (Lipinski definition) is 3. The lowest BCUT2D eigenvalue weighted by Gasteiger charge is -2.13. The molecule has 0 spiro atoms. The number of thiol groups is 1. The molecule has 0 saturated heterocycles. The average Bonchev–Trinajstić information content (AvgIpc) is 1.80. The lowest BCUT2D eigenvalue weighted by atomic mass is 10.3. The van der Waals surface area contributed by atoms with Crippen LogP contribution in [0.15, 0.2) is 0 Å². The highest BCUT2D eigenvalue weighted by atomic mass is 32.1. The molecule has 0 aromatic carbocycles. The third kappa shape index (κ3) is 4.91. The minimum atomic E-state index is -4.67. The number of halogens is 3. The van der Waals surface area contributed by atoms with Crippen molar-refractivity contribution >= 4 is 18.6 Å². The Morgan fingerprint density at radius 3 is 2.18 bits per heavy atom. The van der Waals surface area contributed by atoms with E-state index in [0.29, 0.717) is 0 Å². The number of rotatable bonds is 3. The summed E-state index contributed by atoms with van der Waals surface area (Å²) in [5, 5.41) is 9.05. The predicted molar refractivity (Wildman–Crippen MR) is 34.5 cm³/mol. The summed E-state index contributed by atoms with van der Waals surface area (Å²) < 4.78 is 34.3. The van der Waals surface area contributed by atoms with E-state index in [2.05, 4.69) is 12.6 Å². The van der Waals surface area contributed by atoms with E-state index in [1.54, 1.807) is 0 Å². The van der Waals surface area contributed by atoms with E-state index in [4.69, 9.17) is 5.11 Å². The quantitative estimate of drug-likeness (QED) is 0.447. The number of nitrogens with one attached hydrogen (secondary N) is 1. The molecule has 66 valence electrons. The van der Waals surface area contributed by atoms with Crippen molar-refractivity contribution in [1.29, 1.82) is 0 Å². The van der Waals surface area contributed by atoms with Crippen LogP contribution >= 0.6 is 12.6 Å². The minimum Gasteiger partial charge on any atom is -0.480 e. The third-order valence-corrected chi connectivity index (χ3v) is 1.18. The van der Waals surface area contributed by atoms with Crippen LogP contribution in [0.1, 0.15) is 0 Å². The summed E-state index contributed by atoms with van der Waals surface area (Å²) in [6, 6.07) is -1.68. The van der Waals surface area contributed by atoms with Crippen LogP contribution in [0.5, 0.6) is 0 Å². The Bertz CT molecular complexity index is 149. The van der Waals surface area contributed by atoms with Crippen LogP contribution < -0.4 is 5.32 Å². The second kappa shape index (κ2) is 3.82. The molecule has 0 fully saturated rings. The van der Waals surface area contributed by atoms with Crippen molar-refractivity contribution in [2.24, 2.45) is 0 Å². The van der Waals surface area contributed by atoms with E-state index in [0.717, 1.165) is 5.32 Å². The number of aliphatic carboxylic acids is 1. The summed E-state index contributed by atoms with van der Waals surface area (Å²) in [7, 11) is 0. The summed E-state index contributed by atoms with van der Waals surface area (Å²) >= 11 is 3.42. The molecule has 0 unspecified atom stereocenters. The zero-order valence-electron chi connectivity index (χ0n) is 5.22. The molecule has 11 heavy (non-hydrogen) atoms. The summed E-state index contributed by atoms with van der Waals surface area (Å²) in [6.45, 7) is 0. The molecule has 0 aliphatic heterocycles. The van der Waals surface area contributed by atoms with Gasteiger partial charge in [-0.1, -0.05) is 0 Å². The summed E-state index contributed by atoms with van der Waals surface area (Å²) in [6.07, 6.45) is -4.67. The van der Waals surface area contributed by atoms with Crippen LogP contribution in [0.4, 0.5) is 13.2 Å². The number of carboxylic acid groups (broad SMARTS) is 1. The highest BCUT2D eigenvalue weighted by Crippen LogP contribution is 2.11. The van der Waals surface area contributed by atoms with Crippen LogP contribution in [0, 0.1) is 0 Å². The fraction of sp³-hybridized carbons (Fsp3) is 0.750. The summed E-state index contributed by atoms with van der Waals surface area (Å²) in [5.41, 5.74) is 0. The Balaban J connectivity index is 3.99. The van der Waals surface area contributed by atoms with Crippen molar-refractivity contribution in [3.8, 4) is 0 Å². The molecule has 0 aliphatic rings. The molecule has 0 amide bonds. The highest BCUT2D eigenvalue weighted by Gasteiger charge is 2.33. The zero-order chi connectivity index (χ0) is 9.07. The van der Waals surface area contributed by atoms with Crippen LogP contribution in [0.2, 0.25) is 0 Å². The first-order valence-electron chi connectivity index (χ1n) is 2.55. The largest absolute Gasteiger partial charge is 0.480 e. The second-order valence-electron chi connectivity index (χ2n) is 1.72. The maximum Gasteiger partial charge on any atom is 0.458 e. The van der Waals surface area contributed by atoms with Gasteiger partial charge in [-0.25, -0.2) is 5.32 Å². The van der Waals surface area contributed by atoms with E-state index >= 15 is 0 Å². The zero-order valence-corrected chi connectivity index (χ0v) is 6.12. The van der Waals surface area contributed by atoms with Gasteiger partial charge < -0.3 is 5.11 Å². The van der Waals surface area contributed by atoms with Crippen LogP contribution in [-0.2, 0) is 4.79 Å². The van der Waals surface area contributed by atoms with Crippen LogP contribution in [0.3, 0.4) is 0 Å². The van der Waals surface area contributed by atoms with Crippen molar-refractivity contribution in [2.45, 2.75) is 12.3 Å². The highest BCUT2D eigenvalue weighted by molar-refractivity contribution is 7.80. The molecule has 0 radical (unpaired) electrons. The van der Waals surface area contributed by atoms with E-state index in [9.17, 15) is 18.0 Å². The van der Waals surface area contributed by atoms with Gasteiger partial charge in [-0.05, 0) is 0 Å². The fourth-order valence-electron chi connectivity index (χ4n) is 0.383. The molecule has 0 saturated carbocycles. The topological polar surface area (TPSA) is 49.3 Å². The average molecular weight is 189 g/mol. The van der Waals surface area contributed by atoms with Crippen molar-refractivity contribution in [3.05, 3.63) is 0 Å². The van der Waals surface area contributed by atoms with E-state index in [1.807, 2.05) is 0 Å². The van der Waals surface area contributed by atoms with Gasteiger partial charge >= 0.3 is 12.3 Å². The van der Waals surface area contributed by atoms with Crippen molar-refractivity contribution in [3.63, 3.8) is 0 Å². The summed E-state index contributed by atoms with van der Waals surface area (Å²) in [4.78, 5) is 10.00. The molecule has 0 aromatic rings. The number of alkyl halides is 3. The molecule has 0 bridgehead atoms. The molecule has 0 heterocycles. The SMILES string of the molecule is O=C(O)[C@H](CS)NC(F)(F)F.